The minimum absolute atomic E-state index is 0.0764. The number of nitrogens with one attached hydrogen (secondary N) is 2. The highest BCUT2D eigenvalue weighted by molar-refractivity contribution is 7.80. The largest absolute Gasteiger partial charge is 0.362 e. The molecule has 0 fully saturated rings. The Kier molecular flexibility index (Phi) is 9.14. The van der Waals surface area contributed by atoms with Crippen molar-refractivity contribution in [2.75, 3.05) is 11.9 Å². The molecule has 0 bridgehead atoms. The maximum Gasteiger partial charge on any atom is 0.269 e. The Morgan fingerprint density at radius 1 is 1.09 bits per heavy atom. The molecule has 22 heavy (non-hydrogen) atoms. The quantitative estimate of drug-likeness (QED) is 0.284. The third-order valence-electron chi connectivity index (χ3n) is 3.40. The molecule has 0 aliphatic heterocycles. The van der Waals surface area contributed by atoms with Crippen molar-refractivity contribution in [2.24, 2.45) is 0 Å². The van der Waals surface area contributed by atoms with Gasteiger partial charge in [-0.3, -0.25) is 10.1 Å². The molecule has 0 aromatic heterocycles. The van der Waals surface area contributed by atoms with Crippen LogP contribution in [0.25, 0.3) is 0 Å². The fraction of sp³-hybridized carbons (Fsp3) is 0.562. The first-order valence-corrected chi connectivity index (χ1v) is 8.33. The number of benzene rings is 1. The molecule has 6 heteroatoms. The average molecular weight is 323 g/mol. The molecule has 0 aliphatic rings. The Morgan fingerprint density at radius 3 is 2.27 bits per heavy atom. The molecule has 0 heterocycles. The van der Waals surface area contributed by atoms with Crippen LogP contribution in [-0.4, -0.2) is 16.6 Å². The number of anilines is 1. The SMILES string of the molecule is CCCCCCCCCNC(=S)Nc1ccc([N+](=O)[O-])cc1. The van der Waals surface area contributed by atoms with E-state index in [0.717, 1.165) is 18.7 Å². The van der Waals surface area contributed by atoms with Crippen molar-refractivity contribution in [1.29, 1.82) is 0 Å². The van der Waals surface area contributed by atoms with E-state index >= 15 is 0 Å². The first-order valence-electron chi connectivity index (χ1n) is 7.92. The zero-order chi connectivity index (χ0) is 16.2. The van der Waals surface area contributed by atoms with Gasteiger partial charge in [0, 0.05) is 24.4 Å². The minimum Gasteiger partial charge on any atom is -0.362 e. The van der Waals surface area contributed by atoms with Gasteiger partial charge in [0.15, 0.2) is 5.11 Å². The highest BCUT2D eigenvalue weighted by Gasteiger charge is 2.04. The maximum absolute atomic E-state index is 10.6. The number of non-ortho nitro benzene ring substituents is 1. The molecule has 5 nitrogen and oxygen atoms in total. The summed E-state index contributed by atoms with van der Waals surface area (Å²) in [5.41, 5.74) is 0.829. The van der Waals surface area contributed by atoms with E-state index < -0.39 is 4.92 Å². The van der Waals surface area contributed by atoms with Crippen molar-refractivity contribution < 1.29 is 4.92 Å². The van der Waals surface area contributed by atoms with E-state index in [-0.39, 0.29) is 5.69 Å². The zero-order valence-corrected chi connectivity index (χ0v) is 14.0. The summed E-state index contributed by atoms with van der Waals surface area (Å²) in [6.07, 6.45) is 8.88. The molecule has 0 spiro atoms. The Bertz CT molecular complexity index is 463. The molecule has 2 N–H and O–H groups in total. The number of nitrogens with zero attached hydrogens (tertiary/aromatic N) is 1. The van der Waals surface area contributed by atoms with Crippen molar-refractivity contribution in [2.45, 2.75) is 51.9 Å². The second-order valence-electron chi connectivity index (χ2n) is 5.31. The molecule has 122 valence electrons. The fourth-order valence-corrected chi connectivity index (χ4v) is 2.35. The number of nitro groups is 1. The van der Waals surface area contributed by atoms with Gasteiger partial charge in [0.1, 0.15) is 0 Å². The van der Waals surface area contributed by atoms with Crippen LogP contribution < -0.4 is 10.6 Å². The van der Waals surface area contributed by atoms with Gasteiger partial charge < -0.3 is 10.6 Å². The maximum atomic E-state index is 10.6. The Hall–Kier alpha value is -1.69. The molecule has 0 radical (unpaired) electrons. The molecule has 0 aliphatic carbocycles. The molecular weight excluding hydrogens is 298 g/mol. The standard InChI is InChI=1S/C16H25N3O2S/c1-2-3-4-5-6-7-8-13-17-16(22)18-14-9-11-15(12-10-14)19(20)21/h9-12H,2-8,13H2,1H3,(H2,17,18,22). The van der Waals surface area contributed by atoms with E-state index in [1.807, 2.05) is 0 Å². The normalized spacial score (nSPS) is 10.2. The molecule has 0 unspecified atom stereocenters. The Labute approximate surface area is 137 Å². The first-order chi connectivity index (χ1) is 10.6. The van der Waals surface area contributed by atoms with Crippen molar-refractivity contribution in [3.05, 3.63) is 34.4 Å². The lowest BCUT2D eigenvalue weighted by molar-refractivity contribution is -0.384. The summed E-state index contributed by atoms with van der Waals surface area (Å²) >= 11 is 5.20. The average Bonchev–Trinajstić information content (AvgIpc) is 2.50. The molecule has 0 saturated heterocycles. The summed E-state index contributed by atoms with van der Waals surface area (Å²) in [4.78, 5) is 10.2. The third-order valence-corrected chi connectivity index (χ3v) is 3.65. The number of nitro benzene ring substituents is 1. The number of unbranched alkanes of at least 4 members (excludes halogenated alkanes) is 6. The third kappa shape index (κ3) is 7.93. The van der Waals surface area contributed by atoms with Crippen LogP contribution in [0, 0.1) is 10.1 Å². The van der Waals surface area contributed by atoms with E-state index in [0.29, 0.717) is 5.11 Å². The van der Waals surface area contributed by atoms with E-state index in [2.05, 4.69) is 17.6 Å². The van der Waals surface area contributed by atoms with Gasteiger partial charge in [-0.05, 0) is 30.8 Å². The van der Waals surface area contributed by atoms with Crippen LogP contribution in [0.4, 0.5) is 11.4 Å². The Morgan fingerprint density at radius 2 is 1.68 bits per heavy atom. The van der Waals surface area contributed by atoms with Gasteiger partial charge in [-0.1, -0.05) is 45.4 Å². The van der Waals surface area contributed by atoms with Crippen LogP contribution in [-0.2, 0) is 0 Å². The number of hydrogen-bond acceptors (Lipinski definition) is 3. The van der Waals surface area contributed by atoms with E-state index in [1.165, 1.54) is 50.7 Å². The van der Waals surface area contributed by atoms with Gasteiger partial charge in [0.25, 0.3) is 5.69 Å². The van der Waals surface area contributed by atoms with Gasteiger partial charge in [-0.15, -0.1) is 0 Å². The van der Waals surface area contributed by atoms with Crippen LogP contribution in [0.15, 0.2) is 24.3 Å². The molecule has 0 amide bonds. The van der Waals surface area contributed by atoms with Gasteiger partial charge in [-0.25, -0.2) is 0 Å². The molecular formula is C16H25N3O2S. The minimum atomic E-state index is -0.416. The van der Waals surface area contributed by atoms with Crippen molar-refractivity contribution in [3.8, 4) is 0 Å². The van der Waals surface area contributed by atoms with Crippen molar-refractivity contribution in [3.63, 3.8) is 0 Å². The summed E-state index contributed by atoms with van der Waals surface area (Å²) in [5, 5.41) is 17.3. The summed E-state index contributed by atoms with van der Waals surface area (Å²) in [5.74, 6) is 0. The molecule has 1 aromatic carbocycles. The van der Waals surface area contributed by atoms with E-state index in [9.17, 15) is 10.1 Å². The van der Waals surface area contributed by atoms with Crippen LogP contribution >= 0.6 is 12.2 Å². The zero-order valence-electron chi connectivity index (χ0n) is 13.1. The smallest absolute Gasteiger partial charge is 0.269 e. The summed E-state index contributed by atoms with van der Waals surface area (Å²) in [6, 6.07) is 6.22. The summed E-state index contributed by atoms with van der Waals surface area (Å²) < 4.78 is 0. The molecule has 0 saturated carbocycles. The van der Waals surface area contributed by atoms with Gasteiger partial charge >= 0.3 is 0 Å². The lowest BCUT2D eigenvalue weighted by atomic mass is 10.1. The number of hydrogen-bond donors (Lipinski definition) is 2. The summed E-state index contributed by atoms with van der Waals surface area (Å²) in [6.45, 7) is 3.08. The predicted molar refractivity (Wildman–Crippen MR) is 95.3 cm³/mol. The van der Waals surface area contributed by atoms with Crippen LogP contribution in [0.5, 0.6) is 0 Å². The number of thiocarbonyl (C=S) groups is 1. The monoisotopic (exact) mass is 323 g/mol. The molecule has 1 rings (SSSR count). The lowest BCUT2D eigenvalue weighted by Crippen LogP contribution is -2.29. The van der Waals surface area contributed by atoms with Gasteiger partial charge in [-0.2, -0.15) is 0 Å². The topological polar surface area (TPSA) is 67.2 Å². The highest BCUT2D eigenvalue weighted by atomic mass is 32.1. The predicted octanol–water partition coefficient (Wildman–Crippen LogP) is 4.63. The lowest BCUT2D eigenvalue weighted by Gasteiger charge is -2.10. The first kappa shape index (κ1) is 18.4. The van der Waals surface area contributed by atoms with Crippen LogP contribution in [0.1, 0.15) is 51.9 Å². The van der Waals surface area contributed by atoms with Gasteiger partial charge in [0.05, 0.1) is 4.92 Å². The van der Waals surface area contributed by atoms with Crippen LogP contribution in [0.3, 0.4) is 0 Å². The van der Waals surface area contributed by atoms with Crippen LogP contribution in [0.2, 0.25) is 0 Å². The molecule has 0 atom stereocenters. The second kappa shape index (κ2) is 11.0. The second-order valence-corrected chi connectivity index (χ2v) is 5.71. The van der Waals surface area contributed by atoms with E-state index in [1.54, 1.807) is 12.1 Å². The van der Waals surface area contributed by atoms with Crippen molar-refractivity contribution in [1.82, 2.24) is 5.32 Å². The van der Waals surface area contributed by atoms with Crippen molar-refractivity contribution >= 4 is 28.7 Å². The Balaban J connectivity index is 2.12. The highest BCUT2D eigenvalue weighted by Crippen LogP contribution is 2.15. The summed E-state index contributed by atoms with van der Waals surface area (Å²) in [7, 11) is 0. The fourth-order valence-electron chi connectivity index (χ4n) is 2.13. The van der Waals surface area contributed by atoms with E-state index in [4.69, 9.17) is 12.2 Å². The van der Waals surface area contributed by atoms with Gasteiger partial charge in [0.2, 0.25) is 0 Å². The number of rotatable bonds is 10. The molecule has 1 aromatic rings.